The Kier molecular flexibility index (Phi) is 0.706. The van der Waals surface area contributed by atoms with E-state index in [9.17, 15) is 0 Å². The average Bonchev–Trinajstić information content (AvgIpc) is 2.22. The lowest BCUT2D eigenvalue weighted by molar-refractivity contribution is 0.814. The number of hydrogen-bond acceptors (Lipinski definition) is 1. The minimum Gasteiger partial charge on any atom is -0.258 e. The first-order chi connectivity index (χ1) is 9.10. The maximum atomic E-state index is 7.97. The molecule has 1 rings (SSSR count). The Bertz CT molecular complexity index is 515. The molecule has 1 nitrogen and oxygen atoms in total. The summed E-state index contributed by atoms with van der Waals surface area (Å²) in [6.45, 7) is -9.07. The summed E-state index contributed by atoms with van der Waals surface area (Å²) in [5, 5.41) is 0. The van der Waals surface area contributed by atoms with Gasteiger partial charge in [-0.3, -0.25) is 4.98 Å². The van der Waals surface area contributed by atoms with Gasteiger partial charge in [0.05, 0.1) is 0 Å². The Balaban J connectivity index is 3.66. The number of aromatic nitrogens is 1. The van der Waals surface area contributed by atoms with Crippen LogP contribution in [-0.2, 0) is 0 Å². The highest BCUT2D eigenvalue weighted by molar-refractivity contribution is 9.10. The zero-order valence-corrected chi connectivity index (χ0v) is 7.07. The molecular weight excluding hydrogens is 202 g/mol. The van der Waals surface area contributed by atoms with Gasteiger partial charge in [-0.1, -0.05) is 29.6 Å². The van der Waals surface area contributed by atoms with Crippen LogP contribution in [0.25, 0.3) is 0 Å². The Hall–Kier alpha value is -0.370. The van der Waals surface area contributed by atoms with Crippen molar-refractivity contribution in [1.29, 1.82) is 0 Å². The summed E-state index contributed by atoms with van der Waals surface area (Å²) in [6, 6.07) is 2.18. The van der Waals surface area contributed by atoms with E-state index >= 15 is 0 Å². The number of hydrogen-bond donors (Lipinski definition) is 0. The molecule has 0 radical (unpaired) electrons. The smallest absolute Gasteiger partial charge is 0.0443 e. The summed E-state index contributed by atoms with van der Waals surface area (Å²) in [6.07, 6.45) is 0. The van der Waals surface area contributed by atoms with Gasteiger partial charge in [0, 0.05) is 29.6 Å². The highest BCUT2D eigenvalue weighted by atomic mass is 79.9. The van der Waals surface area contributed by atoms with Crippen LogP contribution in [0.1, 0.15) is 44.7 Å². The molecule has 0 amide bonds. The van der Waals surface area contributed by atoms with Crippen LogP contribution in [0.5, 0.6) is 0 Å². The van der Waals surface area contributed by atoms with Crippen molar-refractivity contribution in [1.82, 2.24) is 4.98 Å². The molecule has 0 aliphatic carbocycles. The minimum absolute atomic E-state index is 0.142. The van der Waals surface area contributed by atoms with Crippen LogP contribution in [0, 0.1) is 6.85 Å². The number of pyridine rings is 1. The molecule has 11 heavy (non-hydrogen) atoms. The first-order valence-electron chi connectivity index (χ1n) is 7.79. The summed E-state index contributed by atoms with van der Waals surface area (Å²) in [7, 11) is 0. The van der Waals surface area contributed by atoms with Crippen LogP contribution >= 0.6 is 15.9 Å². The topological polar surface area (TPSA) is 12.9 Å². The summed E-state index contributed by atoms with van der Waals surface area (Å²) in [5.41, 5.74) is -1.11. The molecule has 0 atom stereocenters. The first-order valence-corrected chi connectivity index (χ1v) is 3.58. The SMILES string of the molecule is [2H]C([2H])([2H])c1cc(Br)cc(C([2H])(C([2H])([2H])[2H])C([2H])([2H])[2H])n1. The molecule has 1 aromatic heterocycles. The van der Waals surface area contributed by atoms with Gasteiger partial charge in [-0.15, -0.1) is 0 Å². The summed E-state index contributed by atoms with van der Waals surface area (Å²) in [5.74, 6) is -3.02. The monoisotopic (exact) mass is 223 g/mol. The van der Waals surface area contributed by atoms with E-state index in [1.54, 1.807) is 0 Å². The van der Waals surface area contributed by atoms with Crippen LogP contribution in [0.15, 0.2) is 16.6 Å². The molecule has 0 aliphatic heterocycles. The molecule has 0 bridgehead atoms. The minimum atomic E-state index is -3.21. The van der Waals surface area contributed by atoms with Gasteiger partial charge >= 0.3 is 0 Å². The van der Waals surface area contributed by atoms with Crippen molar-refractivity contribution in [2.24, 2.45) is 0 Å². The van der Waals surface area contributed by atoms with Crippen molar-refractivity contribution in [3.05, 3.63) is 28.0 Å². The number of nitrogens with zero attached hydrogens (tertiary/aromatic N) is 1. The Morgan fingerprint density at radius 2 is 2.45 bits per heavy atom. The highest BCUT2D eigenvalue weighted by Gasteiger charge is 2.01. The molecule has 0 aromatic carbocycles. The van der Waals surface area contributed by atoms with Crippen molar-refractivity contribution in [3.63, 3.8) is 0 Å². The van der Waals surface area contributed by atoms with E-state index in [0.29, 0.717) is 0 Å². The van der Waals surface area contributed by atoms with Gasteiger partial charge in [0.25, 0.3) is 0 Å². The van der Waals surface area contributed by atoms with Crippen molar-refractivity contribution < 1.29 is 13.7 Å². The standard InChI is InChI=1S/C9H12BrN/c1-6(2)9-5-8(10)4-7(3)11-9/h4-6H,1-3H3/i1D3,2D3,3D3,6D. The zero-order chi connectivity index (χ0) is 16.9. The first kappa shape index (κ1) is 2.32. The van der Waals surface area contributed by atoms with Crippen LogP contribution in [0.4, 0.5) is 0 Å². The van der Waals surface area contributed by atoms with E-state index in [-0.39, 0.29) is 4.47 Å². The van der Waals surface area contributed by atoms with Crippen LogP contribution < -0.4 is 0 Å². The lowest BCUT2D eigenvalue weighted by Gasteiger charge is -2.05. The Morgan fingerprint density at radius 3 is 3.09 bits per heavy atom. The van der Waals surface area contributed by atoms with Crippen molar-refractivity contribution in [3.8, 4) is 0 Å². The van der Waals surface area contributed by atoms with Gasteiger partial charge in [0.1, 0.15) is 0 Å². The summed E-state index contributed by atoms with van der Waals surface area (Å²) >= 11 is 2.99. The van der Waals surface area contributed by atoms with E-state index in [4.69, 9.17) is 13.7 Å². The second-order valence-electron chi connectivity index (χ2n) is 1.93. The predicted octanol–water partition coefficient (Wildman–Crippen LogP) is 3.28. The fourth-order valence-corrected chi connectivity index (χ4v) is 1.06. The van der Waals surface area contributed by atoms with Gasteiger partial charge in [-0.05, 0) is 24.9 Å². The van der Waals surface area contributed by atoms with Gasteiger partial charge in [0.2, 0.25) is 0 Å². The lowest BCUT2D eigenvalue weighted by atomic mass is 10.1. The third kappa shape index (κ3) is 2.29. The molecule has 1 aromatic rings. The maximum absolute atomic E-state index is 7.97. The van der Waals surface area contributed by atoms with Crippen molar-refractivity contribution in [2.45, 2.75) is 26.4 Å². The third-order valence-electron chi connectivity index (χ3n) is 1.05. The van der Waals surface area contributed by atoms with Crippen molar-refractivity contribution >= 4 is 15.9 Å². The van der Waals surface area contributed by atoms with Crippen LogP contribution in [-0.4, -0.2) is 4.98 Å². The average molecular weight is 224 g/mol. The Morgan fingerprint density at radius 1 is 1.64 bits per heavy atom. The predicted molar refractivity (Wildman–Crippen MR) is 50.8 cm³/mol. The molecule has 0 fully saturated rings. The van der Waals surface area contributed by atoms with E-state index in [1.165, 1.54) is 0 Å². The second kappa shape index (κ2) is 3.35. The quantitative estimate of drug-likeness (QED) is 0.713. The molecule has 0 saturated heterocycles. The van der Waals surface area contributed by atoms with Crippen molar-refractivity contribution in [2.75, 3.05) is 0 Å². The maximum Gasteiger partial charge on any atom is 0.0443 e. The summed E-state index contributed by atoms with van der Waals surface area (Å²) in [4.78, 5) is 3.61. The second-order valence-corrected chi connectivity index (χ2v) is 2.85. The van der Waals surface area contributed by atoms with E-state index in [2.05, 4.69) is 20.9 Å². The molecule has 2 heteroatoms. The van der Waals surface area contributed by atoms with E-state index < -0.39 is 37.8 Å². The molecule has 0 unspecified atom stereocenters. The fraction of sp³-hybridized carbons (Fsp3) is 0.444. The Labute approximate surface area is 90.0 Å². The van der Waals surface area contributed by atoms with E-state index in [0.717, 1.165) is 12.1 Å². The number of rotatable bonds is 1. The van der Waals surface area contributed by atoms with Gasteiger partial charge in [-0.25, -0.2) is 0 Å². The van der Waals surface area contributed by atoms with Gasteiger partial charge in [-0.2, -0.15) is 0 Å². The molecule has 0 saturated carbocycles. The van der Waals surface area contributed by atoms with Crippen LogP contribution in [0.2, 0.25) is 0 Å². The highest BCUT2D eigenvalue weighted by Crippen LogP contribution is 2.17. The van der Waals surface area contributed by atoms with Gasteiger partial charge < -0.3 is 0 Å². The molecule has 1 heterocycles. The fourth-order valence-electron chi connectivity index (χ4n) is 0.625. The third-order valence-corrected chi connectivity index (χ3v) is 1.50. The molecule has 0 aliphatic rings. The summed E-state index contributed by atoms with van der Waals surface area (Å²) < 4.78 is 74.2. The molecule has 60 valence electrons. The largest absolute Gasteiger partial charge is 0.258 e. The number of aryl methyl sites for hydroxylation is 1. The number of halogens is 1. The van der Waals surface area contributed by atoms with Crippen LogP contribution in [0.3, 0.4) is 0 Å². The zero-order valence-electron chi connectivity index (χ0n) is 15.5. The molecule has 0 spiro atoms. The lowest BCUT2D eigenvalue weighted by Crippen LogP contribution is -1.93. The van der Waals surface area contributed by atoms with Gasteiger partial charge in [0.15, 0.2) is 0 Å². The molecular formula is C9H12BrN. The van der Waals surface area contributed by atoms with E-state index in [1.807, 2.05) is 0 Å². The molecule has 0 N–H and O–H groups in total. The normalized spacial score (nSPS) is 28.5.